The van der Waals surface area contributed by atoms with Gasteiger partial charge in [0.1, 0.15) is 5.65 Å². The predicted octanol–water partition coefficient (Wildman–Crippen LogP) is 3.59. The van der Waals surface area contributed by atoms with Crippen LogP contribution in [0.4, 0.5) is 13.2 Å². The number of imidazole rings is 1. The smallest absolute Gasteiger partial charge is 0.356 e. The molecular weight excluding hydrogens is 508 g/mol. The molecule has 30 heavy (non-hydrogen) atoms. The molecule has 168 valence electrons. The number of hydrogen-bond acceptors (Lipinski definition) is 3. The fourth-order valence-corrected chi connectivity index (χ4v) is 3.76. The van der Waals surface area contributed by atoms with E-state index in [2.05, 4.69) is 25.0 Å². The van der Waals surface area contributed by atoms with E-state index >= 15 is 0 Å². The molecule has 3 rings (SSSR count). The molecule has 10 heteroatoms. The van der Waals surface area contributed by atoms with Crippen LogP contribution in [-0.4, -0.2) is 59.6 Å². The summed E-state index contributed by atoms with van der Waals surface area (Å²) >= 11 is 0. The first kappa shape index (κ1) is 24.7. The summed E-state index contributed by atoms with van der Waals surface area (Å²) < 4.78 is 39.5. The van der Waals surface area contributed by atoms with Gasteiger partial charge in [-0.2, -0.15) is 13.2 Å². The number of nitrogens with zero attached hydrogens (tertiary/aromatic N) is 4. The molecule has 6 nitrogen and oxygen atoms in total. The van der Waals surface area contributed by atoms with Gasteiger partial charge in [-0.1, -0.05) is 6.07 Å². The largest absolute Gasteiger partial charge is 0.401 e. The van der Waals surface area contributed by atoms with Gasteiger partial charge >= 0.3 is 6.18 Å². The van der Waals surface area contributed by atoms with Crippen LogP contribution in [0.5, 0.6) is 0 Å². The van der Waals surface area contributed by atoms with Crippen molar-refractivity contribution in [3.05, 3.63) is 35.8 Å². The predicted molar refractivity (Wildman–Crippen MR) is 123 cm³/mol. The van der Waals surface area contributed by atoms with E-state index in [1.54, 1.807) is 7.05 Å². The minimum absolute atomic E-state index is 0. The second kappa shape index (κ2) is 11.2. The molecule has 0 amide bonds. The maximum atomic E-state index is 12.5. The molecule has 0 radical (unpaired) electrons. The van der Waals surface area contributed by atoms with Crippen molar-refractivity contribution in [2.45, 2.75) is 38.9 Å². The van der Waals surface area contributed by atoms with Crippen LogP contribution < -0.4 is 10.6 Å². The third-order valence-electron chi connectivity index (χ3n) is 5.36. The lowest BCUT2D eigenvalue weighted by Crippen LogP contribution is -2.41. The summed E-state index contributed by atoms with van der Waals surface area (Å²) in [6.07, 6.45) is 0.453. The van der Waals surface area contributed by atoms with Gasteiger partial charge in [0.15, 0.2) is 5.96 Å². The van der Waals surface area contributed by atoms with Gasteiger partial charge in [0.25, 0.3) is 0 Å². The van der Waals surface area contributed by atoms with Gasteiger partial charge in [-0.3, -0.25) is 9.89 Å². The van der Waals surface area contributed by atoms with Crippen LogP contribution in [0.1, 0.15) is 30.7 Å². The van der Waals surface area contributed by atoms with Crippen molar-refractivity contribution in [1.29, 1.82) is 0 Å². The number of halogens is 4. The lowest BCUT2D eigenvalue weighted by Gasteiger charge is -2.32. The summed E-state index contributed by atoms with van der Waals surface area (Å²) in [7, 11) is 1.72. The number of rotatable bonds is 6. The van der Waals surface area contributed by atoms with E-state index in [0.29, 0.717) is 31.5 Å². The Balaban J connectivity index is 0.00000320. The molecular formula is C20H30F3IN6. The average molecular weight is 538 g/mol. The molecule has 2 aromatic rings. The standard InChI is InChI=1S/C20H29F3N6.HI/c1-15-4-3-5-18-27-17(13-29(15)18)12-26-19(24-2)25-9-6-16-7-10-28(11-8-16)14-20(21,22)23;/h3-5,13,16H,6-12,14H2,1-2H3,(H2,24,25,26);1H. The van der Waals surface area contributed by atoms with Gasteiger partial charge in [0.2, 0.25) is 0 Å². The number of hydrogen-bond donors (Lipinski definition) is 2. The van der Waals surface area contributed by atoms with Crippen LogP contribution in [0.2, 0.25) is 0 Å². The van der Waals surface area contributed by atoms with E-state index in [4.69, 9.17) is 0 Å². The number of aromatic nitrogens is 2. The van der Waals surface area contributed by atoms with Crippen molar-refractivity contribution in [3.8, 4) is 0 Å². The number of piperidine rings is 1. The molecule has 1 aliphatic heterocycles. The van der Waals surface area contributed by atoms with Crippen molar-refractivity contribution in [1.82, 2.24) is 24.9 Å². The van der Waals surface area contributed by atoms with Crippen molar-refractivity contribution in [2.75, 3.05) is 33.2 Å². The van der Waals surface area contributed by atoms with Gasteiger partial charge in [-0.05, 0) is 57.3 Å². The molecule has 1 fully saturated rings. The zero-order valence-electron chi connectivity index (χ0n) is 17.4. The first-order chi connectivity index (χ1) is 13.8. The number of alkyl halides is 3. The molecule has 3 heterocycles. The SMILES string of the molecule is CN=C(NCCC1CCN(CC(F)(F)F)CC1)NCc1cn2c(C)cccc2n1.I. The number of aryl methyl sites for hydroxylation is 1. The molecule has 0 atom stereocenters. The van der Waals surface area contributed by atoms with Crippen molar-refractivity contribution in [2.24, 2.45) is 10.9 Å². The molecule has 1 aliphatic rings. The van der Waals surface area contributed by atoms with E-state index in [-0.39, 0.29) is 24.0 Å². The number of pyridine rings is 1. The molecule has 2 N–H and O–H groups in total. The lowest BCUT2D eigenvalue weighted by atomic mass is 9.93. The fraction of sp³-hybridized carbons (Fsp3) is 0.600. The van der Waals surface area contributed by atoms with Crippen molar-refractivity contribution < 1.29 is 13.2 Å². The Kier molecular flexibility index (Phi) is 9.20. The molecule has 0 spiro atoms. The number of fused-ring (bicyclic) bond motifs is 1. The highest BCUT2D eigenvalue weighted by atomic mass is 127. The van der Waals surface area contributed by atoms with Crippen LogP contribution >= 0.6 is 24.0 Å². The van der Waals surface area contributed by atoms with E-state index in [9.17, 15) is 13.2 Å². The lowest BCUT2D eigenvalue weighted by molar-refractivity contribution is -0.148. The van der Waals surface area contributed by atoms with Gasteiger partial charge in [0.05, 0.1) is 18.8 Å². The highest BCUT2D eigenvalue weighted by Crippen LogP contribution is 2.23. The zero-order chi connectivity index (χ0) is 20.9. The zero-order valence-corrected chi connectivity index (χ0v) is 19.7. The second-order valence-corrected chi connectivity index (χ2v) is 7.60. The summed E-state index contributed by atoms with van der Waals surface area (Å²) in [5.74, 6) is 1.15. The monoisotopic (exact) mass is 538 g/mol. The first-order valence-corrected chi connectivity index (χ1v) is 10.0. The number of aliphatic imine (C=N–C) groups is 1. The topological polar surface area (TPSA) is 57.0 Å². The summed E-state index contributed by atoms with van der Waals surface area (Å²) in [6, 6.07) is 6.01. The van der Waals surface area contributed by atoms with E-state index in [1.807, 2.05) is 31.3 Å². The molecule has 0 unspecified atom stereocenters. The van der Waals surface area contributed by atoms with Crippen LogP contribution in [0, 0.1) is 12.8 Å². The summed E-state index contributed by atoms with van der Waals surface area (Å²) in [6.45, 7) is 3.59. The molecule has 0 bridgehead atoms. The Morgan fingerprint density at radius 3 is 2.60 bits per heavy atom. The Labute approximate surface area is 192 Å². The molecule has 0 aromatic carbocycles. The maximum absolute atomic E-state index is 12.5. The highest BCUT2D eigenvalue weighted by molar-refractivity contribution is 14.0. The quantitative estimate of drug-likeness (QED) is 0.336. The molecule has 2 aromatic heterocycles. The fourth-order valence-electron chi connectivity index (χ4n) is 3.76. The van der Waals surface area contributed by atoms with Gasteiger partial charge < -0.3 is 15.0 Å². The van der Waals surface area contributed by atoms with Crippen LogP contribution in [0.15, 0.2) is 29.4 Å². The minimum atomic E-state index is -4.10. The van der Waals surface area contributed by atoms with E-state index in [0.717, 1.165) is 42.8 Å². The van der Waals surface area contributed by atoms with Crippen molar-refractivity contribution in [3.63, 3.8) is 0 Å². The van der Waals surface area contributed by atoms with Crippen LogP contribution in [0.3, 0.4) is 0 Å². The average Bonchev–Trinajstić information content (AvgIpc) is 3.09. The van der Waals surface area contributed by atoms with Gasteiger partial charge in [0, 0.05) is 25.5 Å². The molecule has 0 aliphatic carbocycles. The van der Waals surface area contributed by atoms with Gasteiger partial charge in [-0.25, -0.2) is 4.98 Å². The summed E-state index contributed by atoms with van der Waals surface area (Å²) in [5.41, 5.74) is 2.98. The maximum Gasteiger partial charge on any atom is 0.401 e. The Morgan fingerprint density at radius 1 is 1.23 bits per heavy atom. The molecule has 0 saturated carbocycles. The number of nitrogens with one attached hydrogen (secondary N) is 2. The van der Waals surface area contributed by atoms with Gasteiger partial charge in [-0.15, -0.1) is 24.0 Å². The summed E-state index contributed by atoms with van der Waals surface area (Å²) in [5, 5.41) is 6.56. The number of guanidine groups is 1. The summed E-state index contributed by atoms with van der Waals surface area (Å²) in [4.78, 5) is 10.3. The van der Waals surface area contributed by atoms with Crippen molar-refractivity contribution >= 4 is 35.6 Å². The Hall–Kier alpha value is -1.56. The molecule has 1 saturated heterocycles. The van der Waals surface area contributed by atoms with Crippen LogP contribution in [-0.2, 0) is 6.54 Å². The van der Waals surface area contributed by atoms with E-state index < -0.39 is 12.7 Å². The Morgan fingerprint density at radius 2 is 1.97 bits per heavy atom. The highest BCUT2D eigenvalue weighted by Gasteiger charge is 2.32. The normalized spacial score (nSPS) is 16.5. The second-order valence-electron chi connectivity index (χ2n) is 7.60. The first-order valence-electron chi connectivity index (χ1n) is 10.0. The number of likely N-dealkylation sites (tertiary alicyclic amines) is 1. The van der Waals surface area contributed by atoms with Crippen LogP contribution in [0.25, 0.3) is 5.65 Å². The third-order valence-corrected chi connectivity index (χ3v) is 5.36. The Bertz CT molecular complexity index is 828. The minimum Gasteiger partial charge on any atom is -0.356 e. The van der Waals surface area contributed by atoms with E-state index in [1.165, 1.54) is 4.90 Å². The third kappa shape index (κ3) is 7.29.